The number of hydrogen-bond donors (Lipinski definition) is 2. The highest BCUT2D eigenvalue weighted by molar-refractivity contribution is 4.75. The van der Waals surface area contributed by atoms with Gasteiger partial charge in [0.25, 0.3) is 0 Å². The summed E-state index contributed by atoms with van der Waals surface area (Å²) in [7, 11) is 2.04. The zero-order valence-electron chi connectivity index (χ0n) is 11.2. The fraction of sp³-hybridized carbons (Fsp3) is 1.00. The van der Waals surface area contributed by atoms with Gasteiger partial charge in [0, 0.05) is 6.04 Å². The maximum atomic E-state index is 5.92. The molecule has 0 saturated heterocycles. The van der Waals surface area contributed by atoms with Crippen molar-refractivity contribution in [1.82, 2.24) is 5.32 Å². The Morgan fingerprint density at radius 3 is 2.00 bits per heavy atom. The lowest BCUT2D eigenvalue weighted by Gasteiger charge is -2.29. The molecule has 0 aliphatic heterocycles. The Hall–Kier alpha value is -0.0800. The molecule has 0 aromatic heterocycles. The summed E-state index contributed by atoms with van der Waals surface area (Å²) in [5, 5.41) is 3.31. The molecule has 0 aliphatic rings. The van der Waals surface area contributed by atoms with Gasteiger partial charge in [-0.25, -0.2) is 0 Å². The van der Waals surface area contributed by atoms with E-state index < -0.39 is 0 Å². The fourth-order valence-corrected chi connectivity index (χ4v) is 2.48. The zero-order valence-corrected chi connectivity index (χ0v) is 11.2. The summed E-state index contributed by atoms with van der Waals surface area (Å²) in [6, 6.07) is 0.324. The number of nitrogens with one attached hydrogen (secondary N) is 1. The van der Waals surface area contributed by atoms with Crippen LogP contribution in [0.4, 0.5) is 0 Å². The van der Waals surface area contributed by atoms with Gasteiger partial charge in [0.2, 0.25) is 0 Å². The lowest BCUT2D eigenvalue weighted by atomic mass is 9.80. The summed E-state index contributed by atoms with van der Waals surface area (Å²) in [5.74, 6) is 2.35. The summed E-state index contributed by atoms with van der Waals surface area (Å²) in [6.07, 6.45) is 3.75. The second-order valence-corrected chi connectivity index (χ2v) is 5.33. The van der Waals surface area contributed by atoms with Crippen LogP contribution in [0.25, 0.3) is 0 Å². The van der Waals surface area contributed by atoms with Crippen LogP contribution in [0.2, 0.25) is 0 Å². The van der Waals surface area contributed by atoms with Crippen molar-refractivity contribution >= 4 is 0 Å². The highest BCUT2D eigenvalue weighted by atomic mass is 14.8. The highest BCUT2D eigenvalue weighted by Gasteiger charge is 2.21. The quantitative estimate of drug-likeness (QED) is 0.652. The normalized spacial score (nSPS) is 17.8. The van der Waals surface area contributed by atoms with Crippen molar-refractivity contribution in [2.45, 2.75) is 53.0 Å². The first kappa shape index (κ1) is 14.9. The molecule has 0 bridgehead atoms. The molecular weight excluding hydrogens is 184 g/mol. The molecule has 0 spiro atoms. The van der Waals surface area contributed by atoms with Gasteiger partial charge in [-0.3, -0.25) is 0 Å². The molecule has 0 radical (unpaired) electrons. The maximum Gasteiger partial charge on any atom is 0.00136 e. The van der Waals surface area contributed by atoms with E-state index in [2.05, 4.69) is 33.0 Å². The molecule has 0 rings (SSSR count). The standard InChI is InChI=1S/C13H30N2/c1-6-12(7-10(2)3)13(9-15-5)8-11(4)14/h10-13,15H,6-9,14H2,1-5H3. The topological polar surface area (TPSA) is 38.0 Å². The number of nitrogens with two attached hydrogens (primary N) is 1. The van der Waals surface area contributed by atoms with E-state index >= 15 is 0 Å². The van der Waals surface area contributed by atoms with Gasteiger partial charge in [-0.2, -0.15) is 0 Å². The monoisotopic (exact) mass is 214 g/mol. The summed E-state index contributed by atoms with van der Waals surface area (Å²) < 4.78 is 0. The molecule has 3 N–H and O–H groups in total. The zero-order chi connectivity index (χ0) is 11.8. The average molecular weight is 214 g/mol. The molecule has 0 amide bonds. The van der Waals surface area contributed by atoms with Gasteiger partial charge in [-0.05, 0) is 51.1 Å². The molecule has 15 heavy (non-hydrogen) atoms. The molecular formula is C13H30N2. The third kappa shape index (κ3) is 6.91. The summed E-state index contributed by atoms with van der Waals surface area (Å²) in [5.41, 5.74) is 5.92. The van der Waals surface area contributed by atoms with Crippen LogP contribution in [0.5, 0.6) is 0 Å². The van der Waals surface area contributed by atoms with E-state index in [9.17, 15) is 0 Å². The maximum absolute atomic E-state index is 5.92. The average Bonchev–Trinajstić information content (AvgIpc) is 2.12. The van der Waals surface area contributed by atoms with Gasteiger partial charge in [0.15, 0.2) is 0 Å². The molecule has 2 heteroatoms. The molecule has 3 unspecified atom stereocenters. The minimum atomic E-state index is 0.324. The Morgan fingerprint density at radius 2 is 1.67 bits per heavy atom. The molecule has 0 fully saturated rings. The van der Waals surface area contributed by atoms with Gasteiger partial charge < -0.3 is 11.1 Å². The summed E-state index contributed by atoms with van der Waals surface area (Å²) in [4.78, 5) is 0. The van der Waals surface area contributed by atoms with E-state index in [1.165, 1.54) is 12.8 Å². The second kappa shape index (κ2) is 8.12. The summed E-state index contributed by atoms with van der Waals surface area (Å²) >= 11 is 0. The van der Waals surface area contributed by atoms with Crippen LogP contribution in [-0.4, -0.2) is 19.6 Å². The summed E-state index contributed by atoms with van der Waals surface area (Å²) in [6.45, 7) is 10.1. The highest BCUT2D eigenvalue weighted by Crippen LogP contribution is 2.26. The first-order valence-electron chi connectivity index (χ1n) is 6.41. The van der Waals surface area contributed by atoms with Crippen molar-refractivity contribution in [3.05, 3.63) is 0 Å². The Labute approximate surface area is 96.0 Å². The van der Waals surface area contributed by atoms with E-state index in [1.807, 2.05) is 7.05 Å². The molecule has 92 valence electrons. The van der Waals surface area contributed by atoms with Crippen molar-refractivity contribution in [2.75, 3.05) is 13.6 Å². The Morgan fingerprint density at radius 1 is 1.07 bits per heavy atom. The SMILES string of the molecule is CCC(CC(C)C)C(CNC)CC(C)N. The van der Waals surface area contributed by atoms with E-state index in [-0.39, 0.29) is 0 Å². The van der Waals surface area contributed by atoms with Crippen molar-refractivity contribution < 1.29 is 0 Å². The van der Waals surface area contributed by atoms with Gasteiger partial charge in [0.05, 0.1) is 0 Å². The van der Waals surface area contributed by atoms with Crippen LogP contribution in [0, 0.1) is 17.8 Å². The van der Waals surface area contributed by atoms with E-state index in [0.717, 1.165) is 30.7 Å². The van der Waals surface area contributed by atoms with Crippen LogP contribution in [0.3, 0.4) is 0 Å². The molecule has 0 heterocycles. The van der Waals surface area contributed by atoms with Crippen LogP contribution >= 0.6 is 0 Å². The lowest BCUT2D eigenvalue weighted by molar-refractivity contribution is 0.245. The van der Waals surface area contributed by atoms with Gasteiger partial charge in [-0.1, -0.05) is 27.2 Å². The molecule has 3 atom stereocenters. The van der Waals surface area contributed by atoms with Crippen molar-refractivity contribution in [3.63, 3.8) is 0 Å². The minimum absolute atomic E-state index is 0.324. The lowest BCUT2D eigenvalue weighted by Crippen LogP contribution is -2.32. The number of rotatable bonds is 8. The van der Waals surface area contributed by atoms with Gasteiger partial charge >= 0.3 is 0 Å². The van der Waals surface area contributed by atoms with Crippen molar-refractivity contribution in [3.8, 4) is 0 Å². The Balaban J connectivity index is 4.25. The predicted molar refractivity (Wildman–Crippen MR) is 68.9 cm³/mol. The molecule has 0 aromatic carbocycles. The predicted octanol–water partition coefficient (Wildman–Crippen LogP) is 2.63. The number of hydrogen-bond acceptors (Lipinski definition) is 2. The molecule has 0 aliphatic carbocycles. The smallest absolute Gasteiger partial charge is 0.00136 e. The third-order valence-electron chi connectivity index (χ3n) is 3.11. The van der Waals surface area contributed by atoms with Crippen molar-refractivity contribution in [2.24, 2.45) is 23.5 Å². The van der Waals surface area contributed by atoms with E-state index in [0.29, 0.717) is 6.04 Å². The molecule has 0 aromatic rings. The fourth-order valence-electron chi connectivity index (χ4n) is 2.48. The van der Waals surface area contributed by atoms with Gasteiger partial charge in [-0.15, -0.1) is 0 Å². The third-order valence-corrected chi connectivity index (χ3v) is 3.11. The van der Waals surface area contributed by atoms with E-state index in [1.54, 1.807) is 0 Å². The Kier molecular flexibility index (Phi) is 8.07. The first-order valence-corrected chi connectivity index (χ1v) is 6.41. The first-order chi connectivity index (χ1) is 7.01. The molecule has 0 saturated carbocycles. The van der Waals surface area contributed by atoms with Crippen LogP contribution in [0.15, 0.2) is 0 Å². The van der Waals surface area contributed by atoms with E-state index in [4.69, 9.17) is 5.73 Å². The van der Waals surface area contributed by atoms with Crippen LogP contribution < -0.4 is 11.1 Å². The largest absolute Gasteiger partial charge is 0.328 e. The van der Waals surface area contributed by atoms with Gasteiger partial charge in [0.1, 0.15) is 0 Å². The molecule has 2 nitrogen and oxygen atoms in total. The van der Waals surface area contributed by atoms with Crippen LogP contribution in [-0.2, 0) is 0 Å². The Bertz CT molecular complexity index is 143. The van der Waals surface area contributed by atoms with Crippen LogP contribution in [0.1, 0.15) is 47.0 Å². The van der Waals surface area contributed by atoms with Crippen molar-refractivity contribution in [1.29, 1.82) is 0 Å². The second-order valence-electron chi connectivity index (χ2n) is 5.33. The minimum Gasteiger partial charge on any atom is -0.328 e.